The first-order chi connectivity index (χ1) is 16.0. The van der Waals surface area contributed by atoms with Crippen LogP contribution in [0.1, 0.15) is 35.3 Å². The number of azo groups is 1. The van der Waals surface area contributed by atoms with E-state index < -0.39 is 0 Å². The maximum absolute atomic E-state index is 12.7. The predicted molar refractivity (Wildman–Crippen MR) is 134 cm³/mol. The number of nitrogens with one attached hydrogen (secondary N) is 1. The SMILES string of the molecule is CC(C)NC(=O)c1cc2ccccc2c(N=Nc2ccccc2/C=C/c2ccccc2)c1O. The van der Waals surface area contributed by atoms with Gasteiger partial charge in [0.05, 0.1) is 11.3 Å². The van der Waals surface area contributed by atoms with Crippen molar-refractivity contribution in [3.63, 3.8) is 0 Å². The van der Waals surface area contributed by atoms with Crippen molar-refractivity contribution in [2.24, 2.45) is 10.2 Å². The standard InChI is InChI=1S/C28H25N3O2/c1-19(2)29-28(33)24-18-22-13-6-8-14-23(22)26(27(24)32)31-30-25-15-9-7-12-21(25)17-16-20-10-4-3-5-11-20/h3-19,32H,1-2H3,(H,29,33)/b17-16+,31-30?. The molecular formula is C28H25N3O2. The molecule has 0 aliphatic rings. The Balaban J connectivity index is 1.75. The number of hydrogen-bond acceptors (Lipinski definition) is 4. The number of amides is 1. The van der Waals surface area contributed by atoms with Gasteiger partial charge in [-0.2, -0.15) is 0 Å². The summed E-state index contributed by atoms with van der Waals surface area (Å²) in [6, 6.07) is 26.8. The minimum atomic E-state index is -0.351. The molecule has 0 heterocycles. The second-order valence-corrected chi connectivity index (χ2v) is 7.97. The summed E-state index contributed by atoms with van der Waals surface area (Å²) in [6.07, 6.45) is 3.99. The van der Waals surface area contributed by atoms with E-state index in [-0.39, 0.29) is 28.9 Å². The van der Waals surface area contributed by atoms with E-state index in [1.54, 1.807) is 6.07 Å². The molecule has 0 spiro atoms. The molecule has 5 nitrogen and oxygen atoms in total. The Hall–Kier alpha value is -4.25. The molecule has 0 fully saturated rings. The monoisotopic (exact) mass is 435 g/mol. The number of benzene rings is 4. The van der Waals surface area contributed by atoms with Crippen molar-refractivity contribution in [2.75, 3.05) is 0 Å². The molecule has 2 N–H and O–H groups in total. The van der Waals surface area contributed by atoms with Crippen LogP contribution >= 0.6 is 0 Å². The van der Waals surface area contributed by atoms with Crippen molar-refractivity contribution in [3.8, 4) is 5.75 Å². The van der Waals surface area contributed by atoms with Crippen LogP contribution in [-0.2, 0) is 0 Å². The molecule has 33 heavy (non-hydrogen) atoms. The Bertz CT molecular complexity index is 1340. The highest BCUT2D eigenvalue weighted by Gasteiger charge is 2.18. The minimum Gasteiger partial charge on any atom is -0.505 e. The van der Waals surface area contributed by atoms with Crippen molar-refractivity contribution < 1.29 is 9.90 Å². The molecule has 164 valence electrons. The molecule has 4 aromatic rings. The summed E-state index contributed by atoms with van der Waals surface area (Å²) in [7, 11) is 0. The summed E-state index contributed by atoms with van der Waals surface area (Å²) in [5.41, 5.74) is 3.07. The number of hydrogen-bond donors (Lipinski definition) is 2. The van der Waals surface area contributed by atoms with E-state index in [4.69, 9.17) is 0 Å². The molecule has 0 radical (unpaired) electrons. The fraction of sp³-hybridized carbons (Fsp3) is 0.107. The van der Waals surface area contributed by atoms with Crippen LogP contribution in [0.3, 0.4) is 0 Å². The second kappa shape index (κ2) is 9.92. The van der Waals surface area contributed by atoms with Gasteiger partial charge in [-0.1, -0.05) is 84.9 Å². The third kappa shape index (κ3) is 5.15. The molecule has 0 saturated carbocycles. The molecule has 0 saturated heterocycles. The van der Waals surface area contributed by atoms with Gasteiger partial charge in [0.1, 0.15) is 5.69 Å². The Morgan fingerprint density at radius 2 is 1.58 bits per heavy atom. The first-order valence-electron chi connectivity index (χ1n) is 10.8. The summed E-state index contributed by atoms with van der Waals surface area (Å²) < 4.78 is 0. The van der Waals surface area contributed by atoms with Gasteiger partial charge >= 0.3 is 0 Å². The van der Waals surface area contributed by atoms with Crippen molar-refractivity contribution in [1.29, 1.82) is 0 Å². The van der Waals surface area contributed by atoms with E-state index in [1.807, 2.05) is 105 Å². The van der Waals surface area contributed by atoms with Crippen LogP contribution in [0.2, 0.25) is 0 Å². The summed E-state index contributed by atoms with van der Waals surface area (Å²) in [6.45, 7) is 3.74. The van der Waals surface area contributed by atoms with Gasteiger partial charge in [-0.15, -0.1) is 10.2 Å². The van der Waals surface area contributed by atoms with Crippen LogP contribution in [-0.4, -0.2) is 17.1 Å². The average molecular weight is 436 g/mol. The number of carbonyl (C=O) groups is 1. The number of rotatable bonds is 6. The summed E-state index contributed by atoms with van der Waals surface area (Å²) in [4.78, 5) is 12.7. The number of fused-ring (bicyclic) bond motifs is 1. The van der Waals surface area contributed by atoms with E-state index in [0.717, 1.165) is 21.9 Å². The van der Waals surface area contributed by atoms with E-state index in [1.165, 1.54) is 0 Å². The lowest BCUT2D eigenvalue weighted by atomic mass is 10.0. The Kier molecular flexibility index (Phi) is 6.60. The molecule has 4 aromatic carbocycles. The van der Waals surface area contributed by atoms with Gasteiger partial charge in [-0.25, -0.2) is 0 Å². The van der Waals surface area contributed by atoms with Crippen LogP contribution in [0.4, 0.5) is 11.4 Å². The maximum Gasteiger partial charge on any atom is 0.255 e. The third-order valence-electron chi connectivity index (χ3n) is 5.11. The molecule has 0 unspecified atom stereocenters. The van der Waals surface area contributed by atoms with Gasteiger partial charge in [0.15, 0.2) is 5.75 Å². The van der Waals surface area contributed by atoms with Crippen LogP contribution in [0, 0.1) is 0 Å². The fourth-order valence-electron chi connectivity index (χ4n) is 3.51. The molecule has 5 heteroatoms. The van der Waals surface area contributed by atoms with Crippen molar-refractivity contribution in [2.45, 2.75) is 19.9 Å². The van der Waals surface area contributed by atoms with Gasteiger partial charge < -0.3 is 10.4 Å². The summed E-state index contributed by atoms with van der Waals surface area (Å²) in [5.74, 6) is -0.538. The zero-order valence-corrected chi connectivity index (χ0v) is 18.6. The van der Waals surface area contributed by atoms with Crippen LogP contribution < -0.4 is 5.32 Å². The maximum atomic E-state index is 12.7. The van der Waals surface area contributed by atoms with Crippen LogP contribution in [0.15, 0.2) is 95.2 Å². The zero-order chi connectivity index (χ0) is 23.2. The first-order valence-corrected chi connectivity index (χ1v) is 10.8. The minimum absolute atomic E-state index is 0.0586. The van der Waals surface area contributed by atoms with Crippen molar-refractivity contribution in [1.82, 2.24) is 5.32 Å². The Labute approximate surface area is 193 Å². The number of aromatic hydroxyl groups is 1. The highest BCUT2D eigenvalue weighted by Crippen LogP contribution is 2.39. The van der Waals surface area contributed by atoms with Gasteiger partial charge in [-0.05, 0) is 36.9 Å². The van der Waals surface area contributed by atoms with Crippen LogP contribution in [0.25, 0.3) is 22.9 Å². The van der Waals surface area contributed by atoms with Crippen molar-refractivity contribution >= 4 is 40.2 Å². The largest absolute Gasteiger partial charge is 0.505 e. The summed E-state index contributed by atoms with van der Waals surface area (Å²) >= 11 is 0. The van der Waals surface area contributed by atoms with Gasteiger partial charge in [0, 0.05) is 17.0 Å². The quantitative estimate of drug-likeness (QED) is 0.247. The smallest absolute Gasteiger partial charge is 0.255 e. The molecular weight excluding hydrogens is 410 g/mol. The molecule has 0 aromatic heterocycles. The number of phenols is 1. The molecule has 1 amide bonds. The topological polar surface area (TPSA) is 74.0 Å². The second-order valence-electron chi connectivity index (χ2n) is 7.97. The molecule has 0 aliphatic heterocycles. The van der Waals surface area contributed by atoms with Crippen LogP contribution in [0.5, 0.6) is 5.75 Å². The Morgan fingerprint density at radius 1 is 0.879 bits per heavy atom. The highest BCUT2D eigenvalue weighted by molar-refractivity contribution is 6.06. The van der Waals surface area contributed by atoms with E-state index in [0.29, 0.717) is 5.69 Å². The first kappa shape index (κ1) is 22.0. The number of carbonyl (C=O) groups excluding carboxylic acids is 1. The molecule has 0 bridgehead atoms. The lowest BCUT2D eigenvalue weighted by Crippen LogP contribution is -2.30. The molecule has 4 rings (SSSR count). The zero-order valence-electron chi connectivity index (χ0n) is 18.6. The van der Waals surface area contributed by atoms with Gasteiger partial charge in [0.2, 0.25) is 0 Å². The van der Waals surface area contributed by atoms with E-state index in [9.17, 15) is 9.90 Å². The van der Waals surface area contributed by atoms with Gasteiger partial charge in [0.25, 0.3) is 5.91 Å². The number of nitrogens with zero attached hydrogens (tertiary/aromatic N) is 2. The average Bonchev–Trinajstić information content (AvgIpc) is 2.82. The lowest BCUT2D eigenvalue weighted by molar-refractivity contribution is 0.0940. The molecule has 0 aliphatic carbocycles. The fourth-order valence-corrected chi connectivity index (χ4v) is 3.51. The normalized spacial score (nSPS) is 11.6. The highest BCUT2D eigenvalue weighted by atomic mass is 16.3. The number of phenolic OH excluding ortho intramolecular Hbond substituents is 1. The third-order valence-corrected chi connectivity index (χ3v) is 5.11. The lowest BCUT2D eigenvalue weighted by Gasteiger charge is -2.12. The molecule has 0 atom stereocenters. The van der Waals surface area contributed by atoms with E-state index in [2.05, 4.69) is 15.5 Å². The van der Waals surface area contributed by atoms with E-state index >= 15 is 0 Å². The summed E-state index contributed by atoms with van der Waals surface area (Å²) in [5, 5.41) is 24.1. The predicted octanol–water partition coefficient (Wildman–Crippen LogP) is 7.27. The Morgan fingerprint density at radius 3 is 2.36 bits per heavy atom. The van der Waals surface area contributed by atoms with Gasteiger partial charge in [-0.3, -0.25) is 4.79 Å². The van der Waals surface area contributed by atoms with Crippen molar-refractivity contribution in [3.05, 3.63) is 102 Å².